The molecule has 0 unspecified atom stereocenters. The predicted octanol–water partition coefficient (Wildman–Crippen LogP) is 3.26. The van der Waals surface area contributed by atoms with E-state index in [1.165, 1.54) is 5.56 Å². The Labute approximate surface area is 141 Å². The molecular formula is C18H20ClN3O. The van der Waals surface area contributed by atoms with Crippen LogP contribution < -0.4 is 0 Å². The monoisotopic (exact) mass is 329 g/mol. The molecule has 0 bridgehead atoms. The number of carbonyl (C=O) groups is 1. The van der Waals surface area contributed by atoms with Crippen LogP contribution in [0, 0.1) is 0 Å². The van der Waals surface area contributed by atoms with Gasteiger partial charge in [-0.15, -0.1) is 11.6 Å². The molecule has 0 spiro atoms. The van der Waals surface area contributed by atoms with E-state index in [2.05, 4.69) is 41.2 Å². The third kappa shape index (κ3) is 3.37. The normalized spacial score (nSPS) is 17.0. The number of hydrogen-bond donors (Lipinski definition) is 0. The molecule has 1 amide bonds. The molecular weight excluding hydrogens is 310 g/mol. The molecule has 0 saturated carbocycles. The van der Waals surface area contributed by atoms with E-state index in [9.17, 15) is 4.79 Å². The first-order valence-electron chi connectivity index (χ1n) is 7.84. The number of piperidine rings is 1. The maximum absolute atomic E-state index is 11.7. The van der Waals surface area contributed by atoms with Crippen LogP contribution in [0.1, 0.15) is 25.3 Å². The molecule has 1 fully saturated rings. The maximum Gasteiger partial charge on any atom is 0.237 e. The second-order valence-corrected chi connectivity index (χ2v) is 6.49. The van der Waals surface area contributed by atoms with Gasteiger partial charge < -0.3 is 4.90 Å². The van der Waals surface area contributed by atoms with E-state index in [0.29, 0.717) is 0 Å². The molecule has 1 aliphatic heterocycles. The third-order valence-electron chi connectivity index (χ3n) is 4.74. The van der Waals surface area contributed by atoms with Crippen LogP contribution in [0.2, 0.25) is 0 Å². The fraction of sp³-hybridized carbons (Fsp3) is 0.389. The number of amides is 1. The molecule has 0 atom stereocenters. The Hall–Kier alpha value is -1.94. The molecule has 0 aliphatic carbocycles. The van der Waals surface area contributed by atoms with Crippen LogP contribution in [-0.2, 0) is 10.2 Å². The Bertz CT molecular complexity index is 664. The lowest BCUT2D eigenvalue weighted by molar-refractivity contribution is -0.130. The summed E-state index contributed by atoms with van der Waals surface area (Å²) >= 11 is 5.65. The van der Waals surface area contributed by atoms with E-state index in [-0.39, 0.29) is 17.2 Å². The minimum atomic E-state index is 0.0327. The van der Waals surface area contributed by atoms with E-state index >= 15 is 0 Å². The molecule has 2 aromatic rings. The number of nitrogens with zero attached hydrogens (tertiary/aromatic N) is 3. The summed E-state index contributed by atoms with van der Waals surface area (Å²) in [5.74, 6) is 0.847. The molecule has 4 nitrogen and oxygen atoms in total. The van der Waals surface area contributed by atoms with Crippen molar-refractivity contribution in [2.75, 3.05) is 19.0 Å². The lowest BCUT2D eigenvalue weighted by atomic mass is 9.74. The minimum absolute atomic E-state index is 0.0327. The van der Waals surface area contributed by atoms with Crippen molar-refractivity contribution < 1.29 is 4.79 Å². The van der Waals surface area contributed by atoms with E-state index in [1.54, 1.807) is 12.4 Å². The van der Waals surface area contributed by atoms with Crippen LogP contribution in [0.3, 0.4) is 0 Å². The lowest BCUT2D eigenvalue weighted by Crippen LogP contribution is -2.44. The zero-order chi connectivity index (χ0) is 16.3. The van der Waals surface area contributed by atoms with E-state index in [1.807, 2.05) is 11.0 Å². The highest BCUT2D eigenvalue weighted by Crippen LogP contribution is 2.35. The van der Waals surface area contributed by atoms with Gasteiger partial charge in [-0.05, 0) is 29.9 Å². The van der Waals surface area contributed by atoms with Crippen molar-refractivity contribution in [1.82, 2.24) is 14.9 Å². The van der Waals surface area contributed by atoms with Crippen molar-refractivity contribution in [3.8, 4) is 11.4 Å². The highest BCUT2D eigenvalue weighted by molar-refractivity contribution is 6.27. The first kappa shape index (κ1) is 15.9. The van der Waals surface area contributed by atoms with Gasteiger partial charge in [-0.25, -0.2) is 9.97 Å². The van der Waals surface area contributed by atoms with Crippen LogP contribution in [0.4, 0.5) is 0 Å². The number of rotatable bonds is 3. The molecule has 1 aliphatic rings. The van der Waals surface area contributed by atoms with Crippen molar-refractivity contribution in [3.05, 3.63) is 48.3 Å². The Morgan fingerprint density at radius 2 is 1.78 bits per heavy atom. The van der Waals surface area contributed by atoms with Gasteiger partial charge >= 0.3 is 0 Å². The quantitative estimate of drug-likeness (QED) is 0.812. The van der Waals surface area contributed by atoms with Gasteiger partial charge in [0.1, 0.15) is 5.88 Å². The minimum Gasteiger partial charge on any atom is -0.342 e. The second kappa shape index (κ2) is 6.67. The van der Waals surface area contributed by atoms with Gasteiger partial charge in [-0.1, -0.05) is 31.2 Å². The number of hydrogen-bond acceptors (Lipinski definition) is 3. The van der Waals surface area contributed by atoms with Crippen LogP contribution in [0.25, 0.3) is 11.4 Å². The van der Waals surface area contributed by atoms with Crippen LogP contribution in [-0.4, -0.2) is 39.7 Å². The van der Waals surface area contributed by atoms with Crippen molar-refractivity contribution in [1.29, 1.82) is 0 Å². The molecule has 1 saturated heterocycles. The summed E-state index contributed by atoms with van der Waals surface area (Å²) in [6.45, 7) is 3.81. The summed E-state index contributed by atoms with van der Waals surface area (Å²) < 4.78 is 0. The topological polar surface area (TPSA) is 46.1 Å². The zero-order valence-corrected chi connectivity index (χ0v) is 14.0. The number of halogens is 1. The molecule has 23 heavy (non-hydrogen) atoms. The first-order valence-corrected chi connectivity index (χ1v) is 8.37. The van der Waals surface area contributed by atoms with Gasteiger partial charge in [0.25, 0.3) is 0 Å². The molecule has 3 rings (SSSR count). The number of carbonyl (C=O) groups excluding carboxylic acids is 1. The largest absolute Gasteiger partial charge is 0.342 e. The SMILES string of the molecule is CC1(c2ccc(-c3ncccn3)cc2)CCN(C(=O)CCl)CC1. The summed E-state index contributed by atoms with van der Waals surface area (Å²) in [5, 5.41) is 0. The van der Waals surface area contributed by atoms with Gasteiger partial charge in [0, 0.05) is 31.0 Å². The van der Waals surface area contributed by atoms with Crippen LogP contribution >= 0.6 is 11.6 Å². The molecule has 5 heteroatoms. The van der Waals surface area contributed by atoms with Crippen LogP contribution in [0.15, 0.2) is 42.7 Å². The van der Waals surface area contributed by atoms with E-state index in [0.717, 1.165) is 37.3 Å². The van der Waals surface area contributed by atoms with Gasteiger partial charge in [-0.2, -0.15) is 0 Å². The van der Waals surface area contributed by atoms with E-state index < -0.39 is 0 Å². The predicted molar refractivity (Wildman–Crippen MR) is 91.4 cm³/mol. The number of aromatic nitrogens is 2. The first-order chi connectivity index (χ1) is 11.1. The lowest BCUT2D eigenvalue weighted by Gasteiger charge is -2.39. The number of benzene rings is 1. The molecule has 1 aromatic heterocycles. The van der Waals surface area contributed by atoms with Crippen molar-refractivity contribution in [3.63, 3.8) is 0 Å². The highest BCUT2D eigenvalue weighted by Gasteiger charge is 2.33. The summed E-state index contributed by atoms with van der Waals surface area (Å²) in [6.07, 6.45) is 5.41. The Morgan fingerprint density at radius 3 is 2.35 bits per heavy atom. The summed E-state index contributed by atoms with van der Waals surface area (Å²) in [7, 11) is 0. The second-order valence-electron chi connectivity index (χ2n) is 6.22. The van der Waals surface area contributed by atoms with Crippen molar-refractivity contribution in [2.45, 2.75) is 25.2 Å². The van der Waals surface area contributed by atoms with Crippen LogP contribution in [0.5, 0.6) is 0 Å². The number of alkyl halides is 1. The average molecular weight is 330 g/mol. The molecule has 0 N–H and O–H groups in total. The summed E-state index contributed by atoms with van der Waals surface area (Å²) in [4.78, 5) is 22.1. The standard InChI is InChI=1S/C18H20ClN3O/c1-18(7-11-22(12-8-18)16(23)13-19)15-5-3-14(4-6-15)17-20-9-2-10-21-17/h2-6,9-10H,7-8,11-13H2,1H3. The molecule has 1 aromatic carbocycles. The van der Waals surface area contributed by atoms with Gasteiger partial charge in [-0.3, -0.25) is 4.79 Å². The fourth-order valence-corrected chi connectivity index (χ4v) is 3.26. The summed E-state index contributed by atoms with van der Waals surface area (Å²) in [5.41, 5.74) is 2.42. The van der Waals surface area contributed by atoms with Crippen molar-refractivity contribution >= 4 is 17.5 Å². The Balaban J connectivity index is 1.74. The molecule has 2 heterocycles. The smallest absolute Gasteiger partial charge is 0.237 e. The number of likely N-dealkylation sites (tertiary alicyclic amines) is 1. The van der Waals surface area contributed by atoms with E-state index in [4.69, 9.17) is 11.6 Å². The average Bonchev–Trinajstić information content (AvgIpc) is 2.62. The Morgan fingerprint density at radius 1 is 1.17 bits per heavy atom. The third-order valence-corrected chi connectivity index (χ3v) is 4.97. The maximum atomic E-state index is 11.7. The van der Waals surface area contributed by atoms with Gasteiger partial charge in [0.05, 0.1) is 0 Å². The molecule has 120 valence electrons. The fourth-order valence-electron chi connectivity index (χ4n) is 3.09. The highest BCUT2D eigenvalue weighted by atomic mass is 35.5. The van der Waals surface area contributed by atoms with Gasteiger partial charge in [0.15, 0.2) is 5.82 Å². The van der Waals surface area contributed by atoms with Gasteiger partial charge in [0.2, 0.25) is 5.91 Å². The zero-order valence-electron chi connectivity index (χ0n) is 13.2. The Kier molecular flexibility index (Phi) is 4.62. The molecule has 0 radical (unpaired) electrons. The summed E-state index contributed by atoms with van der Waals surface area (Å²) in [6, 6.07) is 10.3. The van der Waals surface area contributed by atoms with Crippen molar-refractivity contribution in [2.24, 2.45) is 0 Å².